The van der Waals surface area contributed by atoms with Gasteiger partial charge in [-0.05, 0) is 27.2 Å². The highest BCUT2D eigenvalue weighted by Crippen LogP contribution is 2.16. The predicted octanol–water partition coefficient (Wildman–Crippen LogP) is 3.65. The Hall–Kier alpha value is -0.740. The highest BCUT2D eigenvalue weighted by Gasteiger charge is 2.05. The molecular weight excluding hydrogens is 441 g/mol. The van der Waals surface area contributed by atoms with Crippen molar-refractivity contribution < 1.29 is 0 Å². The lowest BCUT2D eigenvalue weighted by Gasteiger charge is -2.09. The molecule has 0 fully saturated rings. The second kappa shape index (κ2) is 10.2. The van der Waals surface area contributed by atoms with Crippen LogP contribution in [0.25, 0.3) is 0 Å². The Morgan fingerprint density at radius 2 is 1.96 bits per heavy atom. The molecule has 2 heterocycles. The van der Waals surface area contributed by atoms with Crippen LogP contribution in [-0.4, -0.2) is 22.5 Å². The van der Waals surface area contributed by atoms with Crippen molar-refractivity contribution in [1.29, 1.82) is 0 Å². The summed E-state index contributed by atoms with van der Waals surface area (Å²) in [5.41, 5.74) is 2.14. The van der Waals surface area contributed by atoms with E-state index in [1.54, 1.807) is 22.7 Å². The molecule has 0 amide bonds. The normalized spacial score (nSPS) is 11.2. The number of nitrogens with zero attached hydrogens (tertiary/aromatic N) is 3. The molecule has 128 valence electrons. The van der Waals surface area contributed by atoms with Crippen molar-refractivity contribution in [3.8, 4) is 0 Å². The van der Waals surface area contributed by atoms with E-state index in [4.69, 9.17) is 0 Å². The largest absolute Gasteiger partial charge is 0.357 e. The van der Waals surface area contributed by atoms with Crippen molar-refractivity contribution >= 4 is 52.6 Å². The molecule has 2 N–H and O–H groups in total. The monoisotopic (exact) mass is 465 g/mol. The zero-order chi connectivity index (χ0) is 15.9. The third-order valence-electron chi connectivity index (χ3n) is 3.13. The molecule has 0 bridgehead atoms. The molecule has 23 heavy (non-hydrogen) atoms. The number of hydrogen-bond donors (Lipinski definition) is 2. The van der Waals surface area contributed by atoms with Crippen molar-refractivity contribution in [2.75, 3.05) is 6.54 Å². The molecule has 0 aliphatic heterocycles. The maximum absolute atomic E-state index is 4.59. The van der Waals surface area contributed by atoms with Crippen LogP contribution in [0.5, 0.6) is 0 Å². The number of aromatic nitrogens is 2. The van der Waals surface area contributed by atoms with Gasteiger partial charge in [0.05, 0.1) is 29.5 Å². The van der Waals surface area contributed by atoms with E-state index in [0.717, 1.165) is 40.3 Å². The van der Waals surface area contributed by atoms with Gasteiger partial charge in [0.1, 0.15) is 5.01 Å². The minimum absolute atomic E-state index is 0. The Kier molecular flexibility index (Phi) is 9.00. The van der Waals surface area contributed by atoms with Crippen molar-refractivity contribution in [1.82, 2.24) is 20.6 Å². The Labute approximate surface area is 163 Å². The topological polar surface area (TPSA) is 62.2 Å². The number of nitrogens with one attached hydrogen (secondary N) is 2. The van der Waals surface area contributed by atoms with E-state index >= 15 is 0 Å². The average Bonchev–Trinajstić information content (AvgIpc) is 3.09. The van der Waals surface area contributed by atoms with E-state index in [-0.39, 0.29) is 24.0 Å². The van der Waals surface area contributed by atoms with Crippen LogP contribution >= 0.6 is 46.7 Å². The molecule has 0 radical (unpaired) electrons. The third kappa shape index (κ3) is 6.34. The standard InChI is InChI=1S/C15H23N5S2.HI/c1-5-13-20-12(9-21-13)7-17-15(16-6-2)18-8-14-19-10(3)11(4)22-14;/h9H,5-8H2,1-4H3,(H2,16,17,18);1H. The van der Waals surface area contributed by atoms with E-state index in [2.05, 4.69) is 51.7 Å². The summed E-state index contributed by atoms with van der Waals surface area (Å²) in [6.45, 7) is 10.5. The summed E-state index contributed by atoms with van der Waals surface area (Å²) in [6, 6.07) is 0. The van der Waals surface area contributed by atoms with E-state index in [9.17, 15) is 0 Å². The Morgan fingerprint density at radius 1 is 1.17 bits per heavy atom. The predicted molar refractivity (Wildman–Crippen MR) is 110 cm³/mol. The highest BCUT2D eigenvalue weighted by molar-refractivity contribution is 14.0. The number of thiazole rings is 2. The van der Waals surface area contributed by atoms with Crippen molar-refractivity contribution in [2.24, 2.45) is 4.99 Å². The van der Waals surface area contributed by atoms with Crippen molar-refractivity contribution in [2.45, 2.75) is 47.2 Å². The van der Waals surface area contributed by atoms with Gasteiger partial charge in [0.25, 0.3) is 0 Å². The SMILES string of the molecule is CCNC(=NCc1csc(CC)n1)NCc1nc(C)c(C)s1.I. The van der Waals surface area contributed by atoms with E-state index in [1.165, 1.54) is 4.88 Å². The molecule has 0 aromatic carbocycles. The summed E-state index contributed by atoms with van der Waals surface area (Å²) in [5, 5.41) is 10.9. The van der Waals surface area contributed by atoms with Crippen LogP contribution in [0.3, 0.4) is 0 Å². The van der Waals surface area contributed by atoms with Gasteiger partial charge < -0.3 is 10.6 Å². The summed E-state index contributed by atoms with van der Waals surface area (Å²) < 4.78 is 0. The van der Waals surface area contributed by atoms with Crippen molar-refractivity contribution in [3.05, 3.63) is 31.7 Å². The molecule has 0 spiro atoms. The number of hydrogen-bond acceptors (Lipinski definition) is 5. The van der Waals surface area contributed by atoms with Crippen LogP contribution in [0, 0.1) is 13.8 Å². The summed E-state index contributed by atoms with van der Waals surface area (Å²) in [6.07, 6.45) is 0.982. The van der Waals surface area contributed by atoms with Crippen LogP contribution in [0.1, 0.15) is 40.1 Å². The number of aliphatic imine (C=N–C) groups is 1. The lowest BCUT2D eigenvalue weighted by Crippen LogP contribution is -2.36. The van der Waals surface area contributed by atoms with Crippen LogP contribution in [0.2, 0.25) is 0 Å². The first-order valence-electron chi connectivity index (χ1n) is 7.50. The fourth-order valence-electron chi connectivity index (χ4n) is 1.86. The first kappa shape index (κ1) is 20.3. The lowest BCUT2D eigenvalue weighted by atomic mass is 10.4. The third-order valence-corrected chi connectivity index (χ3v) is 5.24. The molecule has 0 saturated heterocycles. The smallest absolute Gasteiger partial charge is 0.191 e. The molecule has 0 saturated carbocycles. The summed E-state index contributed by atoms with van der Waals surface area (Å²) in [7, 11) is 0. The van der Waals surface area contributed by atoms with E-state index < -0.39 is 0 Å². The van der Waals surface area contributed by atoms with E-state index in [1.807, 2.05) is 6.92 Å². The minimum Gasteiger partial charge on any atom is -0.357 e. The van der Waals surface area contributed by atoms with Gasteiger partial charge in [0, 0.05) is 16.8 Å². The molecular formula is C15H24IN5S2. The maximum Gasteiger partial charge on any atom is 0.191 e. The second-order valence-electron chi connectivity index (χ2n) is 4.88. The van der Waals surface area contributed by atoms with Gasteiger partial charge in [-0.2, -0.15) is 0 Å². The molecule has 8 heteroatoms. The molecule has 5 nitrogen and oxygen atoms in total. The molecule has 0 aliphatic carbocycles. The zero-order valence-electron chi connectivity index (χ0n) is 14.0. The van der Waals surface area contributed by atoms with Gasteiger partial charge in [-0.3, -0.25) is 0 Å². The second-order valence-corrected chi connectivity index (χ2v) is 7.11. The highest BCUT2D eigenvalue weighted by atomic mass is 127. The number of guanidine groups is 1. The van der Waals surface area contributed by atoms with Crippen molar-refractivity contribution in [3.63, 3.8) is 0 Å². The van der Waals surface area contributed by atoms with Gasteiger partial charge in [-0.15, -0.1) is 46.7 Å². The quantitative estimate of drug-likeness (QED) is 0.389. The first-order valence-corrected chi connectivity index (χ1v) is 9.20. The number of halogens is 1. The van der Waals surface area contributed by atoms with Gasteiger partial charge in [0.15, 0.2) is 5.96 Å². The lowest BCUT2D eigenvalue weighted by molar-refractivity contribution is 0.806. The zero-order valence-corrected chi connectivity index (χ0v) is 17.9. The van der Waals surface area contributed by atoms with E-state index in [0.29, 0.717) is 13.1 Å². The molecule has 2 aromatic heterocycles. The molecule has 2 rings (SSSR count). The van der Waals surface area contributed by atoms with Gasteiger partial charge in [-0.25, -0.2) is 15.0 Å². The Morgan fingerprint density at radius 3 is 2.52 bits per heavy atom. The van der Waals surface area contributed by atoms with Gasteiger partial charge in [-0.1, -0.05) is 6.92 Å². The number of aryl methyl sites for hydroxylation is 3. The maximum atomic E-state index is 4.59. The average molecular weight is 465 g/mol. The summed E-state index contributed by atoms with van der Waals surface area (Å²) in [4.78, 5) is 14.9. The Bertz CT molecular complexity index is 616. The first-order chi connectivity index (χ1) is 10.6. The molecule has 0 aliphatic rings. The number of rotatable bonds is 6. The minimum atomic E-state index is 0. The van der Waals surface area contributed by atoms with Crippen LogP contribution in [-0.2, 0) is 19.5 Å². The fraction of sp³-hybridized carbons (Fsp3) is 0.533. The van der Waals surface area contributed by atoms with Gasteiger partial charge >= 0.3 is 0 Å². The summed E-state index contributed by atoms with van der Waals surface area (Å²) >= 11 is 3.43. The van der Waals surface area contributed by atoms with Crippen LogP contribution < -0.4 is 10.6 Å². The molecule has 2 aromatic rings. The van der Waals surface area contributed by atoms with Crippen LogP contribution in [0.4, 0.5) is 0 Å². The Balaban J connectivity index is 0.00000264. The van der Waals surface area contributed by atoms with Crippen LogP contribution in [0.15, 0.2) is 10.4 Å². The van der Waals surface area contributed by atoms with Gasteiger partial charge in [0.2, 0.25) is 0 Å². The molecule has 0 atom stereocenters. The molecule has 0 unspecified atom stereocenters. The summed E-state index contributed by atoms with van der Waals surface area (Å²) in [5.74, 6) is 0.805. The fourth-order valence-corrected chi connectivity index (χ4v) is 3.47.